The van der Waals surface area contributed by atoms with E-state index in [1.54, 1.807) is 27.9 Å². The van der Waals surface area contributed by atoms with E-state index >= 15 is 0 Å². The molecule has 2 rings (SSSR count). The lowest BCUT2D eigenvalue weighted by molar-refractivity contribution is -0.143. The minimum Gasteiger partial charge on any atom is -0.496 e. The smallest absolute Gasteiger partial charge is 0.316 e. The molecule has 0 aromatic heterocycles. The van der Waals surface area contributed by atoms with Gasteiger partial charge >= 0.3 is 5.97 Å². The minimum absolute atomic E-state index is 0.0605. The van der Waals surface area contributed by atoms with Crippen molar-refractivity contribution in [1.82, 2.24) is 0 Å². The van der Waals surface area contributed by atoms with Crippen LogP contribution in [0.25, 0.3) is 10.8 Å². The number of carbonyl (C=O) groups is 1. The van der Waals surface area contributed by atoms with Gasteiger partial charge in [0.25, 0.3) is 0 Å². The second-order valence-corrected chi connectivity index (χ2v) is 7.58. The molecule has 2 aromatic rings. The Morgan fingerprint density at radius 2 is 1.57 bits per heavy atom. The zero-order chi connectivity index (χ0) is 21.1. The third-order valence-electron chi connectivity index (χ3n) is 4.45. The molecular formula is C22H30O6. The quantitative estimate of drug-likeness (QED) is 0.490. The molecule has 0 N–H and O–H groups in total. The second-order valence-electron chi connectivity index (χ2n) is 7.58. The van der Waals surface area contributed by atoms with Crippen LogP contribution in [0.4, 0.5) is 0 Å². The Balaban J connectivity index is 2.90. The van der Waals surface area contributed by atoms with Crippen LogP contribution in [0, 0.1) is 5.41 Å². The van der Waals surface area contributed by atoms with E-state index in [-0.39, 0.29) is 17.8 Å². The lowest BCUT2D eigenvalue weighted by Crippen LogP contribution is -2.26. The number of carbonyl (C=O) groups excluding carboxylic acids is 1. The monoisotopic (exact) mass is 390 g/mol. The molecule has 0 heterocycles. The highest BCUT2D eigenvalue weighted by Gasteiger charge is 2.31. The molecule has 6 nitrogen and oxygen atoms in total. The summed E-state index contributed by atoms with van der Waals surface area (Å²) in [5, 5.41) is 1.31. The van der Waals surface area contributed by atoms with E-state index in [0.717, 1.165) is 6.42 Å². The molecule has 1 unspecified atom stereocenters. The summed E-state index contributed by atoms with van der Waals surface area (Å²) in [4.78, 5) is 12.6. The van der Waals surface area contributed by atoms with Gasteiger partial charge in [0.2, 0.25) is 11.5 Å². The van der Waals surface area contributed by atoms with E-state index in [1.807, 2.05) is 32.0 Å². The van der Waals surface area contributed by atoms with Gasteiger partial charge in [-0.2, -0.15) is 0 Å². The normalized spacial score (nSPS) is 12.4. The largest absolute Gasteiger partial charge is 0.496 e. The van der Waals surface area contributed by atoms with Crippen molar-refractivity contribution in [2.24, 2.45) is 5.41 Å². The summed E-state index contributed by atoms with van der Waals surface area (Å²) >= 11 is 0. The summed E-state index contributed by atoms with van der Waals surface area (Å²) in [5.74, 6) is 1.65. The molecule has 154 valence electrons. The Morgan fingerprint density at radius 3 is 2.07 bits per heavy atom. The number of benzene rings is 2. The van der Waals surface area contributed by atoms with E-state index < -0.39 is 5.41 Å². The van der Waals surface area contributed by atoms with Gasteiger partial charge < -0.3 is 23.7 Å². The third kappa shape index (κ3) is 4.11. The van der Waals surface area contributed by atoms with Crippen LogP contribution in [0.5, 0.6) is 28.7 Å². The maximum atomic E-state index is 12.6. The highest BCUT2D eigenvalue weighted by atomic mass is 16.6. The standard InChI is InChI=1S/C22H30O6/c1-9-13(2)27-18-16-14(11-10-12-15(16)24-6)17(19(25-7)20(18)26-8)28-21(23)22(3,4)5/h10-13H,9H2,1-8H3. The van der Waals surface area contributed by atoms with Crippen LogP contribution in [-0.4, -0.2) is 33.4 Å². The first-order valence-corrected chi connectivity index (χ1v) is 9.33. The number of rotatable bonds is 7. The van der Waals surface area contributed by atoms with Crippen LogP contribution in [0.1, 0.15) is 41.0 Å². The molecule has 6 heteroatoms. The Labute approximate surface area is 166 Å². The van der Waals surface area contributed by atoms with Gasteiger partial charge in [-0.05, 0) is 40.2 Å². The van der Waals surface area contributed by atoms with Crippen molar-refractivity contribution >= 4 is 16.7 Å². The van der Waals surface area contributed by atoms with Crippen molar-refractivity contribution < 1.29 is 28.5 Å². The molecule has 0 fully saturated rings. The van der Waals surface area contributed by atoms with E-state index in [0.29, 0.717) is 33.8 Å². The van der Waals surface area contributed by atoms with Crippen molar-refractivity contribution in [1.29, 1.82) is 0 Å². The molecule has 2 aromatic carbocycles. The van der Waals surface area contributed by atoms with Crippen LogP contribution in [-0.2, 0) is 4.79 Å². The van der Waals surface area contributed by atoms with Gasteiger partial charge in [0.15, 0.2) is 11.5 Å². The Kier molecular flexibility index (Phi) is 6.65. The second kappa shape index (κ2) is 8.59. The SMILES string of the molecule is CCC(C)Oc1c(OC)c(OC)c(OC(=O)C(C)(C)C)c2cccc(OC)c12. The predicted molar refractivity (Wildman–Crippen MR) is 109 cm³/mol. The van der Waals surface area contributed by atoms with E-state index in [2.05, 4.69) is 0 Å². The van der Waals surface area contributed by atoms with Gasteiger partial charge in [-0.1, -0.05) is 19.1 Å². The first kappa shape index (κ1) is 21.7. The number of hydrogen-bond acceptors (Lipinski definition) is 6. The Hall–Kier alpha value is -2.63. The molecule has 0 radical (unpaired) electrons. The average Bonchev–Trinajstić information content (AvgIpc) is 2.67. The third-order valence-corrected chi connectivity index (χ3v) is 4.45. The molecule has 28 heavy (non-hydrogen) atoms. The fourth-order valence-electron chi connectivity index (χ4n) is 2.68. The zero-order valence-corrected chi connectivity index (χ0v) is 18.0. The average molecular weight is 390 g/mol. The molecular weight excluding hydrogens is 360 g/mol. The highest BCUT2D eigenvalue weighted by molar-refractivity contribution is 6.03. The fraction of sp³-hybridized carbons (Fsp3) is 0.500. The Morgan fingerprint density at radius 1 is 0.964 bits per heavy atom. The number of methoxy groups -OCH3 is 3. The maximum absolute atomic E-state index is 12.6. The molecule has 0 amide bonds. The lowest BCUT2D eigenvalue weighted by Gasteiger charge is -2.24. The van der Waals surface area contributed by atoms with Crippen molar-refractivity contribution in [2.75, 3.05) is 21.3 Å². The predicted octanol–water partition coefficient (Wildman–Crippen LogP) is 4.99. The summed E-state index contributed by atoms with van der Waals surface area (Å²) in [6.45, 7) is 9.39. The molecule has 0 bridgehead atoms. The zero-order valence-electron chi connectivity index (χ0n) is 18.0. The van der Waals surface area contributed by atoms with Gasteiger partial charge in [-0.25, -0.2) is 0 Å². The number of hydrogen-bond donors (Lipinski definition) is 0. The van der Waals surface area contributed by atoms with E-state index in [9.17, 15) is 4.79 Å². The van der Waals surface area contributed by atoms with Crippen LogP contribution in [0.15, 0.2) is 18.2 Å². The van der Waals surface area contributed by atoms with Gasteiger partial charge in [-0.3, -0.25) is 4.79 Å². The molecule has 0 aliphatic carbocycles. The highest BCUT2D eigenvalue weighted by Crippen LogP contribution is 2.54. The number of ether oxygens (including phenoxy) is 5. The van der Waals surface area contributed by atoms with Crippen molar-refractivity contribution in [3.05, 3.63) is 18.2 Å². The molecule has 0 aliphatic heterocycles. The van der Waals surface area contributed by atoms with Gasteiger partial charge in [-0.15, -0.1) is 0 Å². The van der Waals surface area contributed by atoms with Gasteiger partial charge in [0, 0.05) is 5.39 Å². The topological polar surface area (TPSA) is 63.2 Å². The fourth-order valence-corrected chi connectivity index (χ4v) is 2.68. The molecule has 0 saturated carbocycles. The van der Waals surface area contributed by atoms with Crippen LogP contribution in [0.3, 0.4) is 0 Å². The first-order chi connectivity index (χ1) is 13.2. The summed E-state index contributed by atoms with van der Waals surface area (Å²) in [7, 11) is 4.61. The van der Waals surface area contributed by atoms with Crippen molar-refractivity contribution in [3.63, 3.8) is 0 Å². The van der Waals surface area contributed by atoms with E-state index in [1.165, 1.54) is 14.2 Å². The van der Waals surface area contributed by atoms with Crippen LogP contribution < -0.4 is 23.7 Å². The van der Waals surface area contributed by atoms with Gasteiger partial charge in [0.1, 0.15) is 5.75 Å². The first-order valence-electron chi connectivity index (χ1n) is 9.33. The minimum atomic E-state index is -0.685. The Bertz CT molecular complexity index is 850. The van der Waals surface area contributed by atoms with E-state index in [4.69, 9.17) is 23.7 Å². The molecule has 0 aliphatic rings. The summed E-state index contributed by atoms with van der Waals surface area (Å²) < 4.78 is 28.8. The maximum Gasteiger partial charge on any atom is 0.316 e. The number of fused-ring (bicyclic) bond motifs is 1. The lowest BCUT2D eigenvalue weighted by atomic mass is 9.97. The van der Waals surface area contributed by atoms with Crippen LogP contribution >= 0.6 is 0 Å². The van der Waals surface area contributed by atoms with Crippen molar-refractivity contribution in [2.45, 2.75) is 47.1 Å². The van der Waals surface area contributed by atoms with Crippen LogP contribution in [0.2, 0.25) is 0 Å². The summed E-state index contributed by atoms with van der Waals surface area (Å²) in [5.41, 5.74) is -0.685. The summed E-state index contributed by atoms with van der Waals surface area (Å²) in [6, 6.07) is 5.50. The summed E-state index contributed by atoms with van der Waals surface area (Å²) in [6.07, 6.45) is 0.748. The molecule has 0 spiro atoms. The number of esters is 1. The molecule has 0 saturated heterocycles. The molecule has 1 atom stereocenters. The van der Waals surface area contributed by atoms with Gasteiger partial charge in [0.05, 0.1) is 38.2 Å². The van der Waals surface area contributed by atoms with Crippen molar-refractivity contribution in [3.8, 4) is 28.7 Å².